The number of aliphatic hydroxyl groups excluding tert-OH is 1. The quantitative estimate of drug-likeness (QED) is 0.900. The summed E-state index contributed by atoms with van der Waals surface area (Å²) in [7, 11) is 0. The van der Waals surface area contributed by atoms with Gasteiger partial charge in [0.15, 0.2) is 5.82 Å². The van der Waals surface area contributed by atoms with Crippen LogP contribution in [0.2, 0.25) is 0 Å². The largest absolute Gasteiger partial charge is 0.392 e. The Labute approximate surface area is 148 Å². The molecule has 0 aliphatic carbocycles. The van der Waals surface area contributed by atoms with Gasteiger partial charge in [0.25, 0.3) is 0 Å². The van der Waals surface area contributed by atoms with Crippen LogP contribution in [0.15, 0.2) is 24.5 Å². The number of nitrogens with zero attached hydrogens (tertiary/aromatic N) is 6. The van der Waals surface area contributed by atoms with Gasteiger partial charge in [0.2, 0.25) is 0 Å². The molecule has 0 saturated carbocycles. The average Bonchev–Trinajstić information content (AvgIpc) is 3.18. The molecule has 2 aromatic rings. The van der Waals surface area contributed by atoms with Crippen molar-refractivity contribution in [3.8, 4) is 0 Å². The van der Waals surface area contributed by atoms with E-state index in [1.807, 2.05) is 12.4 Å². The molecular weight excluding hydrogens is 316 g/mol. The fraction of sp³-hybridized carbons (Fsp3) is 0.611. The average molecular weight is 342 g/mol. The monoisotopic (exact) mass is 342 g/mol. The van der Waals surface area contributed by atoms with E-state index in [0.717, 1.165) is 50.8 Å². The molecule has 0 unspecified atom stereocenters. The van der Waals surface area contributed by atoms with Gasteiger partial charge in [-0.25, -0.2) is 0 Å². The van der Waals surface area contributed by atoms with Gasteiger partial charge >= 0.3 is 0 Å². The molecule has 0 aromatic carbocycles. The van der Waals surface area contributed by atoms with E-state index < -0.39 is 0 Å². The topological polar surface area (TPSA) is 70.3 Å². The predicted molar refractivity (Wildman–Crippen MR) is 93.6 cm³/mol. The molecule has 2 aliphatic rings. The molecule has 4 heterocycles. The number of β-amino-alcohol motifs (C(OH)–C–C–N with tert-alkyl or cyclic N) is 1. The van der Waals surface area contributed by atoms with Crippen molar-refractivity contribution < 1.29 is 5.11 Å². The summed E-state index contributed by atoms with van der Waals surface area (Å²) in [6.07, 6.45) is 4.15. The van der Waals surface area contributed by atoms with Gasteiger partial charge in [-0.2, -0.15) is 0 Å². The maximum Gasteiger partial charge on any atom is 0.150 e. The van der Waals surface area contributed by atoms with Crippen LogP contribution in [0, 0.1) is 0 Å². The summed E-state index contributed by atoms with van der Waals surface area (Å²) in [5.41, 5.74) is 1.27. The Morgan fingerprint density at radius 3 is 2.76 bits per heavy atom. The molecule has 0 radical (unpaired) electrons. The van der Waals surface area contributed by atoms with Gasteiger partial charge in [-0.1, -0.05) is 0 Å². The molecule has 4 rings (SSSR count). The number of aliphatic hydroxyl groups is 1. The number of likely N-dealkylation sites (tertiary alicyclic amines) is 1. The third-order valence-electron chi connectivity index (χ3n) is 5.29. The van der Waals surface area contributed by atoms with Gasteiger partial charge < -0.3 is 9.67 Å². The Hall–Kier alpha value is -1.83. The van der Waals surface area contributed by atoms with Crippen LogP contribution in [-0.2, 0) is 19.6 Å². The van der Waals surface area contributed by atoms with E-state index in [1.54, 1.807) is 0 Å². The number of rotatable bonds is 4. The number of hydrogen-bond donors (Lipinski definition) is 1. The zero-order valence-corrected chi connectivity index (χ0v) is 14.9. The highest BCUT2D eigenvalue weighted by Crippen LogP contribution is 2.33. The van der Waals surface area contributed by atoms with Gasteiger partial charge in [-0.3, -0.25) is 14.8 Å². The third-order valence-corrected chi connectivity index (χ3v) is 5.29. The number of fused-ring (bicyclic) bond motifs is 1. The molecular formula is C18H26N6O. The van der Waals surface area contributed by atoms with E-state index in [9.17, 15) is 5.11 Å². The van der Waals surface area contributed by atoms with Crippen LogP contribution in [0.4, 0.5) is 0 Å². The molecule has 134 valence electrons. The van der Waals surface area contributed by atoms with Gasteiger partial charge in [-0.05, 0) is 38.0 Å². The Morgan fingerprint density at radius 2 is 2.00 bits per heavy atom. The van der Waals surface area contributed by atoms with Gasteiger partial charge in [-0.15, -0.1) is 10.2 Å². The van der Waals surface area contributed by atoms with E-state index in [2.05, 4.69) is 55.5 Å². The molecule has 2 aromatic heterocycles. The van der Waals surface area contributed by atoms with Crippen LogP contribution in [0.5, 0.6) is 0 Å². The second-order valence-corrected chi connectivity index (χ2v) is 7.39. The minimum atomic E-state index is -0.271. The molecule has 0 amide bonds. The summed E-state index contributed by atoms with van der Waals surface area (Å²) in [6.45, 7) is 8.68. The van der Waals surface area contributed by atoms with E-state index in [-0.39, 0.29) is 12.1 Å². The highest BCUT2D eigenvalue weighted by atomic mass is 16.3. The van der Waals surface area contributed by atoms with Crippen molar-refractivity contribution in [2.75, 3.05) is 13.1 Å². The van der Waals surface area contributed by atoms with Gasteiger partial charge in [0, 0.05) is 44.6 Å². The van der Waals surface area contributed by atoms with E-state index >= 15 is 0 Å². The normalized spacial score (nSPS) is 24.8. The van der Waals surface area contributed by atoms with E-state index in [0.29, 0.717) is 6.04 Å². The van der Waals surface area contributed by atoms with Gasteiger partial charge in [0.05, 0.1) is 18.7 Å². The molecule has 2 aliphatic heterocycles. The Balaban J connectivity index is 1.51. The number of hydrogen-bond acceptors (Lipinski definition) is 6. The lowest BCUT2D eigenvalue weighted by Gasteiger charge is -2.31. The standard InChI is InChI=1S/C18H26N6O/c1-13(2)24-11-15(25)9-16(24)18-21-20-17-12-22(7-8-23(17)18)10-14-3-5-19-6-4-14/h3-6,13,15-16,25H,7-12H2,1-2H3/t15-,16-/m0/s1. The maximum atomic E-state index is 10.1. The lowest BCUT2D eigenvalue weighted by atomic mass is 10.1. The molecule has 1 N–H and O–H groups in total. The minimum Gasteiger partial charge on any atom is -0.392 e. The summed E-state index contributed by atoms with van der Waals surface area (Å²) in [4.78, 5) is 8.81. The van der Waals surface area contributed by atoms with Crippen LogP contribution >= 0.6 is 0 Å². The Bertz CT molecular complexity index is 716. The maximum absolute atomic E-state index is 10.1. The zero-order chi connectivity index (χ0) is 17.4. The summed E-state index contributed by atoms with van der Waals surface area (Å²) in [6, 6.07) is 4.68. The van der Waals surface area contributed by atoms with Crippen LogP contribution in [-0.4, -0.2) is 59.9 Å². The van der Waals surface area contributed by atoms with E-state index in [4.69, 9.17) is 0 Å². The van der Waals surface area contributed by atoms with E-state index in [1.165, 1.54) is 5.56 Å². The summed E-state index contributed by atoms with van der Waals surface area (Å²) >= 11 is 0. The first kappa shape index (κ1) is 16.6. The van der Waals surface area contributed by atoms with Crippen molar-refractivity contribution in [2.24, 2.45) is 0 Å². The SMILES string of the molecule is CC(C)N1C[C@@H](O)C[C@H]1c1nnc2n1CCN(Cc1ccncc1)C2. The van der Waals surface area contributed by atoms with Crippen LogP contribution in [0.1, 0.15) is 43.5 Å². The summed E-state index contributed by atoms with van der Waals surface area (Å²) in [5.74, 6) is 2.05. The second kappa shape index (κ2) is 6.82. The van der Waals surface area contributed by atoms with Crippen molar-refractivity contribution in [1.29, 1.82) is 0 Å². The molecule has 0 spiro atoms. The predicted octanol–water partition coefficient (Wildman–Crippen LogP) is 1.20. The Morgan fingerprint density at radius 1 is 1.20 bits per heavy atom. The molecule has 7 nitrogen and oxygen atoms in total. The Kier molecular flexibility index (Phi) is 4.54. The molecule has 7 heteroatoms. The summed E-state index contributed by atoms with van der Waals surface area (Å²) in [5, 5.41) is 19.1. The third kappa shape index (κ3) is 3.31. The number of pyridine rings is 1. The first-order valence-electron chi connectivity index (χ1n) is 9.09. The van der Waals surface area contributed by atoms with Crippen molar-refractivity contribution in [1.82, 2.24) is 29.5 Å². The first-order chi connectivity index (χ1) is 12.1. The molecule has 0 bridgehead atoms. The van der Waals surface area contributed by atoms with Crippen molar-refractivity contribution in [2.45, 2.75) is 58.1 Å². The second-order valence-electron chi connectivity index (χ2n) is 7.39. The molecule has 1 saturated heterocycles. The first-order valence-corrected chi connectivity index (χ1v) is 9.09. The molecule has 1 fully saturated rings. The van der Waals surface area contributed by atoms with Crippen molar-refractivity contribution >= 4 is 0 Å². The van der Waals surface area contributed by atoms with Gasteiger partial charge in [0.1, 0.15) is 5.82 Å². The highest BCUT2D eigenvalue weighted by molar-refractivity contribution is 5.11. The highest BCUT2D eigenvalue weighted by Gasteiger charge is 2.37. The summed E-state index contributed by atoms with van der Waals surface area (Å²) < 4.78 is 2.27. The van der Waals surface area contributed by atoms with Crippen molar-refractivity contribution in [3.63, 3.8) is 0 Å². The number of aromatic nitrogens is 4. The minimum absolute atomic E-state index is 0.169. The fourth-order valence-corrected chi connectivity index (χ4v) is 4.02. The molecule has 25 heavy (non-hydrogen) atoms. The van der Waals surface area contributed by atoms with Crippen LogP contribution in [0.25, 0.3) is 0 Å². The molecule has 2 atom stereocenters. The smallest absolute Gasteiger partial charge is 0.150 e. The fourth-order valence-electron chi connectivity index (χ4n) is 4.02. The zero-order valence-electron chi connectivity index (χ0n) is 14.9. The van der Waals surface area contributed by atoms with Crippen LogP contribution in [0.3, 0.4) is 0 Å². The lowest BCUT2D eigenvalue weighted by molar-refractivity contribution is 0.155. The lowest BCUT2D eigenvalue weighted by Crippen LogP contribution is -2.36. The van der Waals surface area contributed by atoms with Crippen molar-refractivity contribution in [3.05, 3.63) is 41.7 Å². The van der Waals surface area contributed by atoms with Crippen LogP contribution < -0.4 is 0 Å².